The monoisotopic (exact) mass is 377 g/mol. The van der Waals surface area contributed by atoms with Crippen LogP contribution in [0.5, 0.6) is 0 Å². The van der Waals surface area contributed by atoms with Gasteiger partial charge in [-0.3, -0.25) is 0 Å². The van der Waals surface area contributed by atoms with Crippen molar-refractivity contribution in [3.8, 4) is 5.69 Å². The molecule has 23 heavy (non-hydrogen) atoms. The van der Waals surface area contributed by atoms with Gasteiger partial charge in [-0.1, -0.05) is 33.2 Å². The van der Waals surface area contributed by atoms with Gasteiger partial charge in [0.2, 0.25) is 0 Å². The van der Waals surface area contributed by atoms with Gasteiger partial charge in [-0.25, -0.2) is 9.18 Å². The van der Waals surface area contributed by atoms with Crippen molar-refractivity contribution in [3.05, 3.63) is 68.3 Å². The maximum Gasteiger partial charge on any atom is 0.388 e. The van der Waals surface area contributed by atoms with E-state index >= 15 is 0 Å². The van der Waals surface area contributed by atoms with Crippen LogP contribution in [0.15, 0.2) is 45.7 Å². The number of anilines is 1. The van der Waals surface area contributed by atoms with Gasteiger partial charge in [-0.15, -0.1) is 0 Å². The van der Waals surface area contributed by atoms with Crippen LogP contribution < -0.4 is 11.4 Å². The molecule has 0 fully saturated rings. The lowest BCUT2D eigenvalue weighted by Gasteiger charge is -2.10. The van der Waals surface area contributed by atoms with E-state index in [1.54, 1.807) is 12.1 Å². The number of hydrogen-bond donors (Lipinski definition) is 1. The Kier molecular flexibility index (Phi) is 3.99. The Balaban J connectivity index is 2.05. The van der Waals surface area contributed by atoms with Crippen LogP contribution in [0.4, 0.5) is 10.1 Å². The maximum atomic E-state index is 14.2. The third-order valence-electron chi connectivity index (χ3n) is 3.44. The minimum Gasteiger partial charge on any atom is -0.399 e. The Morgan fingerprint density at radius 1 is 1.26 bits per heavy atom. The molecule has 0 aliphatic heterocycles. The highest BCUT2D eigenvalue weighted by molar-refractivity contribution is 9.10. The summed E-state index contributed by atoms with van der Waals surface area (Å²) in [5.74, 6) is -0.543. The molecule has 0 unspecified atom stereocenters. The van der Waals surface area contributed by atoms with Crippen LogP contribution in [0.25, 0.3) is 5.69 Å². The lowest BCUT2D eigenvalue weighted by molar-refractivity contribution is 0.496. The van der Waals surface area contributed by atoms with Gasteiger partial charge in [0.25, 0.3) is 0 Å². The van der Waals surface area contributed by atoms with E-state index in [4.69, 9.17) is 5.73 Å². The van der Waals surface area contributed by atoms with Crippen molar-refractivity contribution in [1.29, 1.82) is 0 Å². The standard InChI is InChI=1S/C15H13BrFN5O/c1-9-6-10(2-4-13(9)18)8-21-20-19-15(23)22(21)14-5-3-11(16)7-12(14)17/h2-7H,8,18H2,1H3. The number of nitrogens with zero attached hydrogens (tertiary/aromatic N) is 4. The molecule has 0 aliphatic carbocycles. The number of halogens is 2. The van der Waals surface area contributed by atoms with E-state index in [0.29, 0.717) is 10.2 Å². The minimum atomic E-state index is -0.640. The van der Waals surface area contributed by atoms with Gasteiger partial charge in [0, 0.05) is 10.2 Å². The van der Waals surface area contributed by atoms with Gasteiger partial charge < -0.3 is 5.73 Å². The van der Waals surface area contributed by atoms with Crippen LogP contribution in [0, 0.1) is 12.7 Å². The summed E-state index contributed by atoms with van der Waals surface area (Å²) < 4.78 is 15.8. The molecule has 0 saturated heterocycles. The fourth-order valence-corrected chi connectivity index (χ4v) is 2.59. The van der Waals surface area contributed by atoms with E-state index in [2.05, 4.69) is 26.2 Å². The third kappa shape index (κ3) is 3.02. The van der Waals surface area contributed by atoms with Crippen molar-refractivity contribution in [2.24, 2.45) is 0 Å². The highest BCUT2D eigenvalue weighted by Gasteiger charge is 2.14. The summed E-state index contributed by atoms with van der Waals surface area (Å²) in [5.41, 5.74) is 7.74. The fraction of sp³-hybridized carbons (Fsp3) is 0.133. The molecule has 0 atom stereocenters. The molecule has 0 bridgehead atoms. The second kappa shape index (κ2) is 5.96. The Labute approximate surface area is 139 Å². The lowest BCUT2D eigenvalue weighted by atomic mass is 10.1. The smallest absolute Gasteiger partial charge is 0.388 e. The SMILES string of the molecule is Cc1cc(Cn2nnc(=O)n2-c2ccc(Br)cc2F)ccc1N. The van der Waals surface area contributed by atoms with Crippen molar-refractivity contribution in [2.45, 2.75) is 13.5 Å². The fourth-order valence-electron chi connectivity index (χ4n) is 2.25. The second-order valence-electron chi connectivity index (χ2n) is 5.10. The van der Waals surface area contributed by atoms with Crippen molar-refractivity contribution < 1.29 is 4.39 Å². The molecule has 118 valence electrons. The number of nitrogens with two attached hydrogens (primary N) is 1. The Morgan fingerprint density at radius 2 is 2.04 bits per heavy atom. The molecule has 0 aliphatic rings. The van der Waals surface area contributed by atoms with Crippen molar-refractivity contribution >= 4 is 21.6 Å². The second-order valence-corrected chi connectivity index (χ2v) is 6.02. The lowest BCUT2D eigenvalue weighted by Crippen LogP contribution is -2.23. The quantitative estimate of drug-likeness (QED) is 0.710. The highest BCUT2D eigenvalue weighted by Crippen LogP contribution is 2.18. The summed E-state index contributed by atoms with van der Waals surface area (Å²) in [6.07, 6.45) is 0. The molecule has 0 amide bonds. The molecule has 0 saturated carbocycles. The molecule has 3 rings (SSSR count). The van der Waals surface area contributed by atoms with Crippen LogP contribution in [0.1, 0.15) is 11.1 Å². The Hall–Kier alpha value is -2.48. The number of aromatic nitrogens is 4. The molecular formula is C15H13BrFN5O. The molecule has 6 nitrogen and oxygen atoms in total. The van der Waals surface area contributed by atoms with E-state index in [1.165, 1.54) is 16.9 Å². The van der Waals surface area contributed by atoms with E-state index in [-0.39, 0.29) is 12.2 Å². The number of benzene rings is 2. The molecular weight excluding hydrogens is 365 g/mol. The number of nitrogen functional groups attached to an aromatic ring is 1. The number of rotatable bonds is 3. The first kappa shape index (κ1) is 15.4. The van der Waals surface area contributed by atoms with Gasteiger partial charge in [0.05, 0.1) is 6.54 Å². The summed E-state index contributed by atoms with van der Waals surface area (Å²) >= 11 is 3.19. The molecule has 1 aromatic heterocycles. The molecule has 3 aromatic rings. The summed E-state index contributed by atoms with van der Waals surface area (Å²) in [4.78, 5) is 13.3. The Morgan fingerprint density at radius 3 is 2.74 bits per heavy atom. The zero-order valence-corrected chi connectivity index (χ0v) is 13.8. The molecule has 2 aromatic carbocycles. The van der Waals surface area contributed by atoms with E-state index < -0.39 is 11.5 Å². The molecule has 0 radical (unpaired) electrons. The largest absolute Gasteiger partial charge is 0.399 e. The summed E-state index contributed by atoms with van der Waals surface area (Å²) in [7, 11) is 0. The van der Waals surface area contributed by atoms with Crippen molar-refractivity contribution in [1.82, 2.24) is 19.8 Å². The van der Waals surface area contributed by atoms with Gasteiger partial charge >= 0.3 is 5.69 Å². The highest BCUT2D eigenvalue weighted by atomic mass is 79.9. The maximum absolute atomic E-state index is 14.2. The number of hydrogen-bond acceptors (Lipinski definition) is 4. The average molecular weight is 378 g/mol. The average Bonchev–Trinajstić information content (AvgIpc) is 2.84. The van der Waals surface area contributed by atoms with Crippen molar-refractivity contribution in [2.75, 3.05) is 5.73 Å². The van der Waals surface area contributed by atoms with Gasteiger partial charge in [0.15, 0.2) is 0 Å². The van der Waals surface area contributed by atoms with Crippen LogP contribution >= 0.6 is 15.9 Å². The van der Waals surface area contributed by atoms with E-state index in [9.17, 15) is 9.18 Å². The van der Waals surface area contributed by atoms with Gasteiger partial charge in [0.1, 0.15) is 11.5 Å². The van der Waals surface area contributed by atoms with Crippen LogP contribution in [0.2, 0.25) is 0 Å². The Bertz CT molecular complexity index is 934. The normalized spacial score (nSPS) is 10.9. The first-order chi connectivity index (χ1) is 11.0. The minimum absolute atomic E-state index is 0.0929. The first-order valence-electron chi connectivity index (χ1n) is 6.79. The molecule has 0 spiro atoms. The molecule has 2 N–H and O–H groups in total. The number of aryl methyl sites for hydroxylation is 1. The van der Waals surface area contributed by atoms with Gasteiger partial charge in [-0.05, 0) is 47.5 Å². The van der Waals surface area contributed by atoms with E-state index in [1.807, 2.05) is 19.1 Å². The van der Waals surface area contributed by atoms with Gasteiger partial charge in [-0.2, -0.15) is 9.48 Å². The van der Waals surface area contributed by atoms with Crippen molar-refractivity contribution in [3.63, 3.8) is 0 Å². The topological polar surface area (TPSA) is 78.7 Å². The predicted molar refractivity (Wildman–Crippen MR) is 88.0 cm³/mol. The van der Waals surface area contributed by atoms with E-state index in [0.717, 1.165) is 15.8 Å². The van der Waals surface area contributed by atoms with Crippen LogP contribution in [-0.2, 0) is 6.54 Å². The first-order valence-corrected chi connectivity index (χ1v) is 7.58. The van der Waals surface area contributed by atoms with Crippen LogP contribution in [0.3, 0.4) is 0 Å². The van der Waals surface area contributed by atoms with Crippen LogP contribution in [-0.4, -0.2) is 19.8 Å². The summed E-state index contributed by atoms with van der Waals surface area (Å²) in [6, 6.07) is 9.93. The number of tetrazole rings is 1. The predicted octanol–water partition coefficient (Wildman–Crippen LogP) is 2.27. The molecule has 1 heterocycles. The zero-order valence-electron chi connectivity index (χ0n) is 12.2. The molecule has 8 heteroatoms. The third-order valence-corrected chi connectivity index (χ3v) is 3.93. The summed E-state index contributed by atoms with van der Waals surface area (Å²) in [6.45, 7) is 2.16. The summed E-state index contributed by atoms with van der Waals surface area (Å²) in [5, 5.41) is 7.32. The zero-order chi connectivity index (χ0) is 16.6.